The quantitative estimate of drug-likeness (QED) is 0.386. The third-order valence-corrected chi connectivity index (χ3v) is 5.04. The minimum Gasteiger partial charge on any atom is -0.497 e. The first kappa shape index (κ1) is 23.6. The van der Waals surface area contributed by atoms with Gasteiger partial charge in [0.15, 0.2) is 17.5 Å². The summed E-state index contributed by atoms with van der Waals surface area (Å²) < 4.78 is 47.1. The van der Waals surface area contributed by atoms with Crippen LogP contribution in [0.4, 0.5) is 18.9 Å². The van der Waals surface area contributed by atoms with Crippen molar-refractivity contribution in [1.82, 2.24) is 15.1 Å². The molecular formula is C25H19F3N4O3. The second kappa shape index (κ2) is 10.1. The van der Waals surface area contributed by atoms with Crippen molar-refractivity contribution in [2.45, 2.75) is 0 Å². The number of hydrogen-bond acceptors (Lipinski definition) is 4. The molecule has 1 heterocycles. The van der Waals surface area contributed by atoms with Crippen molar-refractivity contribution in [3.8, 4) is 22.7 Å². The van der Waals surface area contributed by atoms with Gasteiger partial charge in [0.1, 0.15) is 11.4 Å². The SMILES string of the molecule is COc1cccc(-c2nn(-c3ccccc3)cc2C(=O)NCC(=O)Nc2ccc(F)c(F)c2F)c1. The predicted molar refractivity (Wildman–Crippen MR) is 123 cm³/mol. The Morgan fingerprint density at radius 2 is 1.74 bits per heavy atom. The molecule has 0 radical (unpaired) electrons. The van der Waals surface area contributed by atoms with Crippen LogP contribution >= 0.6 is 0 Å². The number of rotatable bonds is 7. The number of methoxy groups -OCH3 is 1. The molecule has 0 unspecified atom stereocenters. The second-order valence-electron chi connectivity index (χ2n) is 7.36. The maximum Gasteiger partial charge on any atom is 0.255 e. The van der Waals surface area contributed by atoms with E-state index in [2.05, 4.69) is 15.7 Å². The first-order valence-electron chi connectivity index (χ1n) is 10.4. The normalized spacial score (nSPS) is 10.6. The van der Waals surface area contributed by atoms with Crippen molar-refractivity contribution in [2.24, 2.45) is 0 Å². The van der Waals surface area contributed by atoms with Crippen LogP contribution in [0, 0.1) is 17.5 Å². The van der Waals surface area contributed by atoms with Crippen LogP contribution in [-0.2, 0) is 4.79 Å². The van der Waals surface area contributed by atoms with Gasteiger partial charge in [-0.3, -0.25) is 9.59 Å². The Morgan fingerprint density at radius 3 is 2.49 bits per heavy atom. The third kappa shape index (κ3) is 5.16. The topological polar surface area (TPSA) is 85.2 Å². The summed E-state index contributed by atoms with van der Waals surface area (Å²) in [5.41, 5.74) is 1.29. The summed E-state index contributed by atoms with van der Waals surface area (Å²) in [7, 11) is 1.52. The molecule has 35 heavy (non-hydrogen) atoms. The smallest absolute Gasteiger partial charge is 0.255 e. The Kier molecular flexibility index (Phi) is 6.81. The fourth-order valence-corrected chi connectivity index (χ4v) is 3.31. The highest BCUT2D eigenvalue weighted by Crippen LogP contribution is 2.27. The molecule has 4 rings (SSSR count). The molecular weight excluding hydrogens is 461 g/mol. The Balaban J connectivity index is 1.57. The number of amides is 2. The van der Waals surface area contributed by atoms with Crippen molar-refractivity contribution >= 4 is 17.5 Å². The number of carbonyl (C=O) groups is 2. The maximum atomic E-state index is 13.8. The largest absolute Gasteiger partial charge is 0.497 e. The first-order valence-corrected chi connectivity index (χ1v) is 10.4. The third-order valence-electron chi connectivity index (χ3n) is 5.04. The molecule has 4 aromatic rings. The molecule has 178 valence electrons. The molecule has 0 aliphatic heterocycles. The van der Waals surface area contributed by atoms with Crippen LogP contribution in [0.5, 0.6) is 5.75 Å². The molecule has 0 aliphatic rings. The van der Waals surface area contributed by atoms with Gasteiger partial charge in [0, 0.05) is 11.8 Å². The predicted octanol–water partition coefficient (Wildman–Crippen LogP) is 4.33. The summed E-state index contributed by atoms with van der Waals surface area (Å²) in [5, 5.41) is 9.09. The lowest BCUT2D eigenvalue weighted by Crippen LogP contribution is -2.33. The summed E-state index contributed by atoms with van der Waals surface area (Å²) in [5.74, 6) is -5.50. The van der Waals surface area contributed by atoms with Crippen molar-refractivity contribution < 1.29 is 27.5 Å². The minimum absolute atomic E-state index is 0.175. The average molecular weight is 480 g/mol. The molecule has 10 heteroatoms. The second-order valence-corrected chi connectivity index (χ2v) is 7.36. The van der Waals surface area contributed by atoms with Gasteiger partial charge in [-0.05, 0) is 36.4 Å². The zero-order valence-corrected chi connectivity index (χ0v) is 18.4. The van der Waals surface area contributed by atoms with Crippen LogP contribution < -0.4 is 15.4 Å². The fourth-order valence-electron chi connectivity index (χ4n) is 3.31. The number of para-hydroxylation sites is 1. The standard InChI is InChI=1S/C25H19F3N4O3/c1-35-17-9-5-6-15(12-17)24-18(14-32(31-24)16-7-3-2-4-8-16)25(34)29-13-21(33)30-20-11-10-19(26)22(27)23(20)28/h2-12,14H,13H2,1H3,(H,29,34)(H,30,33). The zero-order chi connectivity index (χ0) is 24.9. The summed E-state index contributed by atoms with van der Waals surface area (Å²) in [6.45, 7) is -0.550. The number of aromatic nitrogens is 2. The van der Waals surface area contributed by atoms with E-state index in [-0.39, 0.29) is 5.56 Å². The molecule has 3 aromatic carbocycles. The lowest BCUT2D eigenvalue weighted by Gasteiger charge is -2.09. The van der Waals surface area contributed by atoms with Crippen LogP contribution in [0.1, 0.15) is 10.4 Å². The van der Waals surface area contributed by atoms with Gasteiger partial charge in [-0.15, -0.1) is 0 Å². The summed E-state index contributed by atoms with van der Waals surface area (Å²) in [6, 6.07) is 17.7. The van der Waals surface area contributed by atoms with Gasteiger partial charge >= 0.3 is 0 Å². The van der Waals surface area contributed by atoms with Crippen LogP contribution in [0.2, 0.25) is 0 Å². The number of hydrogen-bond donors (Lipinski definition) is 2. The van der Waals surface area contributed by atoms with Crippen molar-refractivity contribution in [3.05, 3.63) is 95.9 Å². The molecule has 1 aromatic heterocycles. The van der Waals surface area contributed by atoms with Gasteiger partial charge in [-0.25, -0.2) is 17.9 Å². The number of nitrogens with zero attached hydrogens (tertiary/aromatic N) is 2. The van der Waals surface area contributed by atoms with E-state index in [4.69, 9.17) is 4.74 Å². The van der Waals surface area contributed by atoms with E-state index in [0.29, 0.717) is 28.8 Å². The van der Waals surface area contributed by atoms with Crippen LogP contribution in [-0.4, -0.2) is 35.2 Å². The van der Waals surface area contributed by atoms with E-state index in [0.717, 1.165) is 6.07 Å². The van der Waals surface area contributed by atoms with Gasteiger partial charge in [-0.2, -0.15) is 5.10 Å². The van der Waals surface area contributed by atoms with Crippen LogP contribution in [0.3, 0.4) is 0 Å². The zero-order valence-electron chi connectivity index (χ0n) is 18.4. The highest BCUT2D eigenvalue weighted by atomic mass is 19.2. The van der Waals surface area contributed by atoms with E-state index >= 15 is 0 Å². The highest BCUT2D eigenvalue weighted by molar-refractivity contribution is 6.02. The molecule has 0 fully saturated rings. The minimum atomic E-state index is -1.71. The molecule has 7 nitrogen and oxygen atoms in total. The van der Waals surface area contributed by atoms with Crippen molar-refractivity contribution in [1.29, 1.82) is 0 Å². The lowest BCUT2D eigenvalue weighted by atomic mass is 10.1. The maximum absolute atomic E-state index is 13.8. The number of ether oxygens (including phenoxy) is 1. The highest BCUT2D eigenvalue weighted by Gasteiger charge is 2.21. The Morgan fingerprint density at radius 1 is 0.971 bits per heavy atom. The molecule has 0 aliphatic carbocycles. The van der Waals surface area contributed by atoms with E-state index in [1.165, 1.54) is 18.0 Å². The summed E-state index contributed by atoms with van der Waals surface area (Å²) in [4.78, 5) is 25.2. The van der Waals surface area contributed by atoms with E-state index in [1.807, 2.05) is 30.3 Å². The number of benzene rings is 3. The number of anilines is 1. The monoisotopic (exact) mass is 480 g/mol. The Labute approximate surface area is 198 Å². The average Bonchev–Trinajstić information content (AvgIpc) is 3.34. The van der Waals surface area contributed by atoms with Gasteiger partial charge in [0.2, 0.25) is 5.91 Å². The van der Waals surface area contributed by atoms with Gasteiger partial charge < -0.3 is 15.4 Å². The van der Waals surface area contributed by atoms with Gasteiger partial charge in [0.25, 0.3) is 5.91 Å². The molecule has 0 spiro atoms. The van der Waals surface area contributed by atoms with Gasteiger partial charge in [-0.1, -0.05) is 30.3 Å². The van der Waals surface area contributed by atoms with Crippen LogP contribution in [0.15, 0.2) is 72.9 Å². The number of nitrogens with one attached hydrogen (secondary N) is 2. The van der Waals surface area contributed by atoms with Crippen molar-refractivity contribution in [2.75, 3.05) is 19.0 Å². The first-order chi connectivity index (χ1) is 16.9. The van der Waals surface area contributed by atoms with E-state index in [9.17, 15) is 22.8 Å². The number of carbonyl (C=O) groups excluding carboxylic acids is 2. The van der Waals surface area contributed by atoms with E-state index in [1.54, 1.807) is 24.3 Å². The van der Waals surface area contributed by atoms with E-state index < -0.39 is 41.5 Å². The van der Waals surface area contributed by atoms with Crippen molar-refractivity contribution in [3.63, 3.8) is 0 Å². The molecule has 0 atom stereocenters. The molecule has 0 bridgehead atoms. The number of halogens is 3. The molecule has 2 amide bonds. The van der Waals surface area contributed by atoms with Crippen LogP contribution in [0.25, 0.3) is 16.9 Å². The molecule has 2 N–H and O–H groups in total. The summed E-state index contributed by atoms with van der Waals surface area (Å²) >= 11 is 0. The Hall–Kier alpha value is -4.60. The van der Waals surface area contributed by atoms with Gasteiger partial charge in [0.05, 0.1) is 30.6 Å². The summed E-state index contributed by atoms with van der Waals surface area (Å²) in [6.07, 6.45) is 1.52. The molecule has 0 saturated heterocycles. The Bertz CT molecular complexity index is 1390. The molecule has 0 saturated carbocycles. The lowest BCUT2D eigenvalue weighted by molar-refractivity contribution is -0.115. The fraction of sp³-hybridized carbons (Fsp3) is 0.0800.